The van der Waals surface area contributed by atoms with Crippen LogP contribution in [0.25, 0.3) is 0 Å². The summed E-state index contributed by atoms with van der Waals surface area (Å²) in [4.78, 5) is 11.4. The summed E-state index contributed by atoms with van der Waals surface area (Å²) in [5, 5.41) is 2.87. The molecule has 0 heterocycles. The monoisotopic (exact) mass is 253 g/mol. The molecule has 0 saturated carbocycles. The van der Waals surface area contributed by atoms with Crippen molar-refractivity contribution in [3.63, 3.8) is 0 Å². The summed E-state index contributed by atoms with van der Waals surface area (Å²) in [6.45, 7) is 7.65. The van der Waals surface area contributed by atoms with E-state index < -0.39 is 5.60 Å². The van der Waals surface area contributed by atoms with Crippen molar-refractivity contribution in [1.82, 2.24) is 5.32 Å². The van der Waals surface area contributed by atoms with E-state index in [0.29, 0.717) is 12.1 Å². The van der Waals surface area contributed by atoms with Gasteiger partial charge in [0.1, 0.15) is 11.4 Å². The van der Waals surface area contributed by atoms with Crippen LogP contribution < -0.4 is 5.32 Å². The summed E-state index contributed by atoms with van der Waals surface area (Å²) in [5.41, 5.74) is 0.931. The van der Waals surface area contributed by atoms with Gasteiger partial charge >= 0.3 is 5.97 Å². The SMILES string of the molecule is Cc1ccc(CNCC(=O)OC(C)(C)C)c(F)c1. The maximum Gasteiger partial charge on any atom is 0.320 e. The van der Waals surface area contributed by atoms with E-state index in [9.17, 15) is 9.18 Å². The first-order valence-corrected chi connectivity index (χ1v) is 5.95. The molecular weight excluding hydrogens is 233 g/mol. The Bertz CT molecular complexity index is 424. The lowest BCUT2D eigenvalue weighted by atomic mass is 10.1. The summed E-state index contributed by atoms with van der Waals surface area (Å²) in [5.74, 6) is -0.596. The first-order valence-electron chi connectivity index (χ1n) is 5.95. The summed E-state index contributed by atoms with van der Waals surface area (Å²) in [6, 6.07) is 5.03. The third-order valence-corrected chi connectivity index (χ3v) is 2.21. The van der Waals surface area contributed by atoms with Crippen LogP contribution in [0.3, 0.4) is 0 Å². The zero-order valence-corrected chi connectivity index (χ0v) is 11.3. The molecule has 0 spiro atoms. The van der Waals surface area contributed by atoms with Gasteiger partial charge in [-0.1, -0.05) is 12.1 Å². The first kappa shape index (κ1) is 14.6. The van der Waals surface area contributed by atoms with Gasteiger partial charge in [-0.05, 0) is 39.3 Å². The number of rotatable bonds is 4. The number of carbonyl (C=O) groups is 1. The number of carbonyl (C=O) groups excluding carboxylic acids is 1. The molecule has 0 aliphatic heterocycles. The molecule has 0 saturated heterocycles. The Hall–Kier alpha value is -1.42. The highest BCUT2D eigenvalue weighted by Gasteiger charge is 2.15. The fourth-order valence-electron chi connectivity index (χ4n) is 1.47. The molecule has 0 atom stereocenters. The molecule has 0 unspecified atom stereocenters. The normalized spacial score (nSPS) is 11.4. The fourth-order valence-corrected chi connectivity index (χ4v) is 1.47. The Morgan fingerprint density at radius 3 is 2.61 bits per heavy atom. The van der Waals surface area contributed by atoms with Gasteiger partial charge in [0.25, 0.3) is 0 Å². The average molecular weight is 253 g/mol. The highest BCUT2D eigenvalue weighted by atomic mass is 19.1. The van der Waals surface area contributed by atoms with Crippen LogP contribution in [0, 0.1) is 12.7 Å². The molecule has 0 fully saturated rings. The average Bonchev–Trinajstić information content (AvgIpc) is 2.18. The zero-order chi connectivity index (χ0) is 13.8. The molecule has 0 aliphatic carbocycles. The summed E-state index contributed by atoms with van der Waals surface area (Å²) < 4.78 is 18.6. The van der Waals surface area contributed by atoms with Gasteiger partial charge in [-0.25, -0.2) is 4.39 Å². The van der Waals surface area contributed by atoms with Crippen molar-refractivity contribution in [1.29, 1.82) is 0 Å². The van der Waals surface area contributed by atoms with Crippen molar-refractivity contribution in [3.8, 4) is 0 Å². The van der Waals surface area contributed by atoms with Gasteiger partial charge in [0.05, 0.1) is 6.54 Å². The lowest BCUT2D eigenvalue weighted by molar-refractivity contribution is -0.153. The van der Waals surface area contributed by atoms with E-state index >= 15 is 0 Å². The van der Waals surface area contributed by atoms with Gasteiger partial charge in [-0.3, -0.25) is 4.79 Å². The molecule has 1 aromatic rings. The van der Waals surface area contributed by atoms with Gasteiger partial charge in [0.2, 0.25) is 0 Å². The lowest BCUT2D eigenvalue weighted by Crippen LogP contribution is -2.31. The topological polar surface area (TPSA) is 38.3 Å². The van der Waals surface area contributed by atoms with Gasteiger partial charge in [0.15, 0.2) is 0 Å². The van der Waals surface area contributed by atoms with E-state index in [1.165, 1.54) is 6.07 Å². The fraction of sp³-hybridized carbons (Fsp3) is 0.500. The lowest BCUT2D eigenvalue weighted by Gasteiger charge is -2.19. The Labute approximate surface area is 107 Å². The summed E-state index contributed by atoms with van der Waals surface area (Å²) in [6.07, 6.45) is 0. The molecule has 0 aliphatic rings. The molecular formula is C14H20FNO2. The number of hydrogen-bond acceptors (Lipinski definition) is 3. The van der Waals surface area contributed by atoms with E-state index in [2.05, 4.69) is 5.32 Å². The molecule has 18 heavy (non-hydrogen) atoms. The van der Waals surface area contributed by atoms with Crippen LogP contribution >= 0.6 is 0 Å². The van der Waals surface area contributed by atoms with Crippen LogP contribution in [-0.2, 0) is 16.1 Å². The Kier molecular flexibility index (Phi) is 4.84. The first-order chi connectivity index (χ1) is 8.28. The van der Waals surface area contributed by atoms with E-state index in [-0.39, 0.29) is 18.3 Å². The maximum atomic E-state index is 13.5. The molecule has 0 bridgehead atoms. The molecule has 0 aromatic heterocycles. The van der Waals surface area contributed by atoms with Crippen molar-refractivity contribution < 1.29 is 13.9 Å². The van der Waals surface area contributed by atoms with Crippen LogP contribution in [-0.4, -0.2) is 18.1 Å². The Balaban J connectivity index is 2.40. The largest absolute Gasteiger partial charge is 0.459 e. The van der Waals surface area contributed by atoms with Gasteiger partial charge in [0, 0.05) is 12.1 Å². The van der Waals surface area contributed by atoms with E-state index in [1.54, 1.807) is 6.07 Å². The number of benzene rings is 1. The minimum absolute atomic E-state index is 0.0740. The molecule has 1 rings (SSSR count). The number of esters is 1. The molecule has 0 radical (unpaired) electrons. The third-order valence-electron chi connectivity index (χ3n) is 2.21. The predicted octanol–water partition coefficient (Wildman–Crippen LogP) is 2.57. The van der Waals surface area contributed by atoms with Gasteiger partial charge in [-0.2, -0.15) is 0 Å². The van der Waals surface area contributed by atoms with Crippen molar-refractivity contribution >= 4 is 5.97 Å². The second-order valence-corrected chi connectivity index (χ2v) is 5.28. The van der Waals surface area contributed by atoms with Crippen LogP contribution in [0.15, 0.2) is 18.2 Å². The van der Waals surface area contributed by atoms with Crippen LogP contribution in [0.2, 0.25) is 0 Å². The maximum absolute atomic E-state index is 13.5. The van der Waals surface area contributed by atoms with Crippen LogP contribution in [0.1, 0.15) is 31.9 Å². The minimum Gasteiger partial charge on any atom is -0.459 e. The predicted molar refractivity (Wildman–Crippen MR) is 68.7 cm³/mol. The molecule has 3 nitrogen and oxygen atoms in total. The molecule has 1 aromatic carbocycles. The quantitative estimate of drug-likeness (QED) is 0.838. The molecule has 4 heteroatoms. The van der Waals surface area contributed by atoms with E-state index in [1.807, 2.05) is 33.8 Å². The van der Waals surface area contributed by atoms with E-state index in [0.717, 1.165) is 5.56 Å². The number of nitrogens with one attached hydrogen (secondary N) is 1. The smallest absolute Gasteiger partial charge is 0.320 e. The van der Waals surface area contributed by atoms with Crippen LogP contribution in [0.4, 0.5) is 4.39 Å². The second kappa shape index (κ2) is 5.96. The summed E-state index contributed by atoms with van der Waals surface area (Å²) >= 11 is 0. The minimum atomic E-state index is -0.492. The van der Waals surface area contributed by atoms with Crippen molar-refractivity contribution in [2.24, 2.45) is 0 Å². The standard InChI is InChI=1S/C14H20FNO2/c1-10-5-6-11(12(15)7-10)8-16-9-13(17)18-14(2,3)4/h5-7,16H,8-9H2,1-4H3. The van der Waals surface area contributed by atoms with E-state index in [4.69, 9.17) is 4.74 Å². The summed E-state index contributed by atoms with van der Waals surface area (Å²) in [7, 11) is 0. The zero-order valence-electron chi connectivity index (χ0n) is 11.3. The Morgan fingerprint density at radius 1 is 1.39 bits per heavy atom. The highest BCUT2D eigenvalue weighted by Crippen LogP contribution is 2.09. The molecule has 0 amide bonds. The number of halogens is 1. The van der Waals surface area contributed by atoms with Crippen molar-refractivity contribution in [2.45, 2.75) is 39.8 Å². The molecule has 100 valence electrons. The highest BCUT2D eigenvalue weighted by molar-refractivity contribution is 5.72. The van der Waals surface area contributed by atoms with Crippen LogP contribution in [0.5, 0.6) is 0 Å². The third kappa shape index (κ3) is 5.27. The van der Waals surface area contributed by atoms with Gasteiger partial charge in [-0.15, -0.1) is 0 Å². The number of aryl methyl sites for hydroxylation is 1. The Morgan fingerprint density at radius 2 is 2.06 bits per heavy atom. The van der Waals surface area contributed by atoms with Crippen molar-refractivity contribution in [2.75, 3.05) is 6.54 Å². The van der Waals surface area contributed by atoms with Gasteiger partial charge < -0.3 is 10.1 Å². The second-order valence-electron chi connectivity index (χ2n) is 5.28. The van der Waals surface area contributed by atoms with Crippen molar-refractivity contribution in [3.05, 3.63) is 35.1 Å². The number of hydrogen-bond donors (Lipinski definition) is 1. The number of ether oxygens (including phenoxy) is 1. The molecule has 1 N–H and O–H groups in total.